The number of carbonyl (C=O) groups excluding carboxylic acids is 2. The van der Waals surface area contributed by atoms with Crippen molar-refractivity contribution < 1.29 is 27.5 Å². The van der Waals surface area contributed by atoms with Crippen LogP contribution < -0.4 is 5.32 Å². The number of hydrogen-bond acceptors (Lipinski definition) is 4. The molecule has 2 heterocycles. The lowest BCUT2D eigenvalue weighted by Gasteiger charge is -2.35. The highest BCUT2D eigenvalue weighted by Crippen LogP contribution is 2.30. The summed E-state index contributed by atoms with van der Waals surface area (Å²) in [6.45, 7) is 2.78. The molecule has 0 aromatic heterocycles. The predicted molar refractivity (Wildman–Crippen MR) is 92.1 cm³/mol. The Morgan fingerprint density at radius 1 is 1.19 bits per heavy atom. The zero-order valence-electron chi connectivity index (χ0n) is 14.8. The predicted octanol–water partition coefficient (Wildman–Crippen LogP) is 1.97. The van der Waals surface area contributed by atoms with Crippen molar-refractivity contribution in [1.82, 2.24) is 9.80 Å². The molecular weight excluding hydrogens is 363 g/mol. The van der Waals surface area contributed by atoms with Gasteiger partial charge in [0.25, 0.3) is 5.91 Å². The van der Waals surface area contributed by atoms with Crippen LogP contribution in [0.4, 0.5) is 18.9 Å². The fourth-order valence-corrected chi connectivity index (χ4v) is 3.28. The van der Waals surface area contributed by atoms with E-state index in [0.717, 1.165) is 25.0 Å². The van der Waals surface area contributed by atoms with Crippen molar-refractivity contribution in [3.8, 4) is 0 Å². The first-order valence-electron chi connectivity index (χ1n) is 8.93. The molecule has 27 heavy (non-hydrogen) atoms. The third-order valence-corrected chi connectivity index (χ3v) is 4.73. The van der Waals surface area contributed by atoms with E-state index in [2.05, 4.69) is 5.32 Å². The van der Waals surface area contributed by atoms with Crippen LogP contribution >= 0.6 is 0 Å². The summed E-state index contributed by atoms with van der Waals surface area (Å²) in [5.41, 5.74) is -0.691. The molecule has 0 bridgehead atoms. The molecule has 0 radical (unpaired) electrons. The molecule has 6 nitrogen and oxygen atoms in total. The van der Waals surface area contributed by atoms with Gasteiger partial charge in [-0.15, -0.1) is 0 Å². The maximum absolute atomic E-state index is 12.7. The van der Waals surface area contributed by atoms with Gasteiger partial charge in [0.15, 0.2) is 0 Å². The van der Waals surface area contributed by atoms with Gasteiger partial charge in [-0.25, -0.2) is 0 Å². The number of alkyl halides is 3. The van der Waals surface area contributed by atoms with Crippen LogP contribution in [0.3, 0.4) is 0 Å². The van der Waals surface area contributed by atoms with E-state index in [1.165, 1.54) is 12.1 Å². The summed E-state index contributed by atoms with van der Waals surface area (Å²) < 4.78 is 43.6. The molecule has 2 amide bonds. The van der Waals surface area contributed by atoms with Gasteiger partial charge in [-0.1, -0.05) is 6.07 Å². The van der Waals surface area contributed by atoms with Crippen LogP contribution in [0, 0.1) is 0 Å². The highest BCUT2D eigenvalue weighted by atomic mass is 19.4. The summed E-state index contributed by atoms with van der Waals surface area (Å²) in [6, 6.07) is 4.55. The van der Waals surface area contributed by atoms with E-state index < -0.39 is 11.7 Å². The number of benzene rings is 1. The fraction of sp³-hybridized carbons (Fsp3) is 0.556. The molecule has 2 aliphatic rings. The Labute approximate surface area is 155 Å². The second kappa shape index (κ2) is 8.26. The number of ether oxygens (including phenoxy) is 1. The maximum Gasteiger partial charge on any atom is 0.416 e. The monoisotopic (exact) mass is 385 g/mol. The van der Waals surface area contributed by atoms with E-state index in [4.69, 9.17) is 4.74 Å². The van der Waals surface area contributed by atoms with Crippen LogP contribution in [0.15, 0.2) is 24.3 Å². The summed E-state index contributed by atoms with van der Waals surface area (Å²) >= 11 is 0. The van der Waals surface area contributed by atoms with Gasteiger partial charge in [-0.2, -0.15) is 13.2 Å². The van der Waals surface area contributed by atoms with Crippen molar-refractivity contribution in [3.63, 3.8) is 0 Å². The molecule has 1 atom stereocenters. The van der Waals surface area contributed by atoms with Gasteiger partial charge >= 0.3 is 6.18 Å². The zero-order valence-corrected chi connectivity index (χ0v) is 14.8. The van der Waals surface area contributed by atoms with Gasteiger partial charge in [0.1, 0.15) is 6.10 Å². The number of nitrogens with one attached hydrogen (secondary N) is 1. The molecule has 1 aromatic rings. The molecule has 1 N–H and O–H groups in total. The van der Waals surface area contributed by atoms with Crippen LogP contribution in [0.25, 0.3) is 0 Å². The van der Waals surface area contributed by atoms with Crippen molar-refractivity contribution in [2.75, 3.05) is 44.6 Å². The lowest BCUT2D eigenvalue weighted by molar-refractivity contribution is -0.142. The minimum absolute atomic E-state index is 0.000525. The number of piperazine rings is 1. The quantitative estimate of drug-likeness (QED) is 0.861. The Bertz CT molecular complexity index is 682. The number of anilines is 1. The molecule has 1 aromatic carbocycles. The first-order valence-corrected chi connectivity index (χ1v) is 8.93. The van der Waals surface area contributed by atoms with Crippen molar-refractivity contribution in [2.45, 2.75) is 25.1 Å². The second-order valence-electron chi connectivity index (χ2n) is 6.73. The van der Waals surface area contributed by atoms with Crippen LogP contribution in [-0.2, 0) is 20.5 Å². The van der Waals surface area contributed by atoms with Crippen LogP contribution in [0.2, 0.25) is 0 Å². The zero-order chi connectivity index (χ0) is 19.4. The topological polar surface area (TPSA) is 61.9 Å². The third kappa shape index (κ3) is 5.20. The van der Waals surface area contributed by atoms with Gasteiger partial charge in [0.2, 0.25) is 5.91 Å². The number of halogens is 3. The lowest BCUT2D eigenvalue weighted by atomic mass is 10.2. The molecule has 9 heteroatoms. The standard InChI is InChI=1S/C18H22F3N3O3/c19-18(20,21)13-3-1-4-14(11-13)22-16(25)12-23-6-8-24(9-7-23)17(26)15-5-2-10-27-15/h1,3-4,11,15H,2,5-10,12H2,(H,22,25)/t15-/m1/s1. The van der Waals surface area contributed by atoms with Crippen LogP contribution in [0.1, 0.15) is 18.4 Å². The van der Waals surface area contributed by atoms with Crippen molar-refractivity contribution in [1.29, 1.82) is 0 Å². The van der Waals surface area contributed by atoms with E-state index in [9.17, 15) is 22.8 Å². The highest BCUT2D eigenvalue weighted by Gasteiger charge is 2.31. The van der Waals surface area contributed by atoms with Crippen molar-refractivity contribution in [3.05, 3.63) is 29.8 Å². The Balaban J connectivity index is 1.46. The number of rotatable bonds is 4. The number of hydrogen-bond donors (Lipinski definition) is 1. The Morgan fingerprint density at radius 3 is 2.56 bits per heavy atom. The highest BCUT2D eigenvalue weighted by molar-refractivity contribution is 5.92. The largest absolute Gasteiger partial charge is 0.416 e. The van der Waals surface area contributed by atoms with Crippen molar-refractivity contribution in [2.24, 2.45) is 0 Å². The van der Waals surface area contributed by atoms with Crippen LogP contribution in [-0.4, -0.2) is 67.0 Å². The fourth-order valence-electron chi connectivity index (χ4n) is 3.28. The van der Waals surface area contributed by atoms with Gasteiger partial charge in [-0.3, -0.25) is 14.5 Å². The van der Waals surface area contributed by atoms with Gasteiger partial charge in [0.05, 0.1) is 12.1 Å². The molecular formula is C18H22F3N3O3. The van der Waals surface area contributed by atoms with Gasteiger partial charge in [0, 0.05) is 38.5 Å². The smallest absolute Gasteiger partial charge is 0.368 e. The number of carbonyl (C=O) groups is 2. The van der Waals surface area contributed by atoms with E-state index in [1.54, 1.807) is 4.90 Å². The van der Waals surface area contributed by atoms with Gasteiger partial charge in [-0.05, 0) is 31.0 Å². The van der Waals surface area contributed by atoms with E-state index in [0.29, 0.717) is 32.8 Å². The molecule has 2 fully saturated rings. The third-order valence-electron chi connectivity index (χ3n) is 4.73. The van der Waals surface area contributed by atoms with E-state index in [1.807, 2.05) is 4.90 Å². The number of amides is 2. The molecule has 0 saturated carbocycles. The molecule has 0 unspecified atom stereocenters. The summed E-state index contributed by atoms with van der Waals surface area (Å²) in [4.78, 5) is 28.1. The van der Waals surface area contributed by atoms with E-state index >= 15 is 0 Å². The molecule has 2 saturated heterocycles. The lowest BCUT2D eigenvalue weighted by Crippen LogP contribution is -2.52. The average Bonchev–Trinajstić information content (AvgIpc) is 3.16. The summed E-state index contributed by atoms with van der Waals surface area (Å²) in [7, 11) is 0. The Hall–Kier alpha value is -2.13. The van der Waals surface area contributed by atoms with Crippen molar-refractivity contribution >= 4 is 17.5 Å². The molecule has 0 spiro atoms. The second-order valence-corrected chi connectivity index (χ2v) is 6.73. The maximum atomic E-state index is 12.7. The number of nitrogens with zero attached hydrogens (tertiary/aromatic N) is 2. The van der Waals surface area contributed by atoms with E-state index in [-0.39, 0.29) is 30.2 Å². The molecule has 148 valence electrons. The summed E-state index contributed by atoms with van der Waals surface area (Å²) in [6.07, 6.45) is -3.15. The summed E-state index contributed by atoms with van der Waals surface area (Å²) in [5, 5.41) is 2.50. The minimum Gasteiger partial charge on any atom is -0.368 e. The Kier molecular flexibility index (Phi) is 6.01. The van der Waals surface area contributed by atoms with Crippen LogP contribution in [0.5, 0.6) is 0 Å². The molecule has 0 aliphatic carbocycles. The molecule has 2 aliphatic heterocycles. The minimum atomic E-state index is -4.45. The normalized spacial score (nSPS) is 21.3. The van der Waals surface area contributed by atoms with Gasteiger partial charge < -0.3 is 15.0 Å². The SMILES string of the molecule is O=C(CN1CCN(C(=O)[C@H]2CCCO2)CC1)Nc1cccc(C(F)(F)F)c1. The molecule has 3 rings (SSSR count). The Morgan fingerprint density at radius 2 is 1.93 bits per heavy atom. The average molecular weight is 385 g/mol. The first-order chi connectivity index (χ1) is 12.8. The first kappa shape index (κ1) is 19.6. The summed E-state index contributed by atoms with van der Waals surface area (Å²) in [5.74, 6) is -0.381.